The van der Waals surface area contributed by atoms with Gasteiger partial charge in [-0.05, 0) is 32.1 Å². The molecule has 2 aliphatic carbocycles. The van der Waals surface area contributed by atoms with Crippen LogP contribution in [-0.4, -0.2) is 28.2 Å². The van der Waals surface area contributed by atoms with Crippen molar-refractivity contribution in [1.82, 2.24) is 10.5 Å². The van der Waals surface area contributed by atoms with Crippen LogP contribution in [0.2, 0.25) is 0 Å². The van der Waals surface area contributed by atoms with Crippen molar-refractivity contribution in [3.63, 3.8) is 0 Å². The smallest absolute Gasteiger partial charge is 0.308 e. The summed E-state index contributed by atoms with van der Waals surface area (Å²) in [6.45, 7) is 0. The molecule has 6 heteroatoms. The van der Waals surface area contributed by atoms with Gasteiger partial charge in [-0.1, -0.05) is 30.8 Å². The lowest BCUT2D eigenvalue weighted by atomic mass is 9.94. The third-order valence-electron chi connectivity index (χ3n) is 5.06. The average Bonchev–Trinajstić information content (AvgIpc) is 2.70. The summed E-state index contributed by atoms with van der Waals surface area (Å²) in [5.74, 6) is -0.790. The van der Waals surface area contributed by atoms with Crippen LogP contribution in [0.15, 0.2) is 4.52 Å². The van der Waals surface area contributed by atoms with E-state index in [1.165, 1.54) is 0 Å². The number of aliphatic carboxylic acids is 1. The van der Waals surface area contributed by atoms with Gasteiger partial charge in [-0.25, -0.2) is 0 Å². The minimum absolute atomic E-state index is 0.282. The van der Waals surface area contributed by atoms with Gasteiger partial charge in [0.25, 0.3) is 5.91 Å². The van der Waals surface area contributed by atoms with Crippen LogP contribution < -0.4 is 5.32 Å². The number of amides is 1. The predicted molar refractivity (Wildman–Crippen MR) is 83.2 cm³/mol. The maximum absolute atomic E-state index is 12.6. The van der Waals surface area contributed by atoms with Gasteiger partial charge >= 0.3 is 5.97 Å². The highest BCUT2D eigenvalue weighted by Gasteiger charge is 2.32. The average molecular weight is 320 g/mol. The standard InChI is InChI=1S/C17H24N2O4/c20-16(15-12-8-4-2-6-10-14(12)23-19-15)18-13-9-5-1-3-7-11(13)17(21)22/h11,13H,1-10H2,(H,18,20)(H,21,22)/t11-,13+/m1/s1. The number of carboxylic acids is 1. The number of nitrogens with one attached hydrogen (secondary N) is 1. The summed E-state index contributed by atoms with van der Waals surface area (Å²) in [4.78, 5) is 24.1. The lowest BCUT2D eigenvalue weighted by Gasteiger charge is -2.22. The van der Waals surface area contributed by atoms with E-state index in [9.17, 15) is 14.7 Å². The molecule has 0 spiro atoms. The molecule has 23 heavy (non-hydrogen) atoms. The van der Waals surface area contributed by atoms with Crippen LogP contribution in [-0.2, 0) is 17.6 Å². The Kier molecular flexibility index (Phi) is 4.98. The van der Waals surface area contributed by atoms with Gasteiger partial charge < -0.3 is 14.9 Å². The van der Waals surface area contributed by atoms with Crippen LogP contribution in [0.1, 0.15) is 73.2 Å². The highest BCUT2D eigenvalue weighted by atomic mass is 16.5. The molecule has 0 aromatic carbocycles. The summed E-state index contributed by atoms with van der Waals surface area (Å²) in [7, 11) is 0. The molecule has 0 bridgehead atoms. The summed E-state index contributed by atoms with van der Waals surface area (Å²) in [6.07, 6.45) is 9.09. The number of hydrogen-bond acceptors (Lipinski definition) is 4. The molecule has 1 heterocycles. The first-order chi connectivity index (χ1) is 11.2. The van der Waals surface area contributed by atoms with Gasteiger partial charge in [0, 0.05) is 18.0 Å². The highest BCUT2D eigenvalue weighted by molar-refractivity contribution is 5.94. The van der Waals surface area contributed by atoms with Crippen molar-refractivity contribution in [2.75, 3.05) is 0 Å². The zero-order chi connectivity index (χ0) is 16.2. The van der Waals surface area contributed by atoms with Crippen molar-refractivity contribution in [3.8, 4) is 0 Å². The van der Waals surface area contributed by atoms with Gasteiger partial charge in [0.1, 0.15) is 5.76 Å². The third kappa shape index (κ3) is 3.57. The van der Waals surface area contributed by atoms with Crippen molar-refractivity contribution in [2.45, 2.75) is 70.3 Å². The summed E-state index contributed by atoms with van der Waals surface area (Å²) >= 11 is 0. The number of hydrogen-bond donors (Lipinski definition) is 2. The largest absolute Gasteiger partial charge is 0.481 e. The fourth-order valence-electron chi connectivity index (χ4n) is 3.75. The molecule has 3 rings (SSSR count). The Morgan fingerprint density at radius 2 is 1.78 bits per heavy atom. The molecule has 1 amide bonds. The second-order valence-corrected chi connectivity index (χ2v) is 6.66. The summed E-state index contributed by atoms with van der Waals surface area (Å²) in [5, 5.41) is 16.3. The molecule has 0 saturated heterocycles. The van der Waals surface area contributed by atoms with E-state index in [2.05, 4.69) is 10.5 Å². The minimum Gasteiger partial charge on any atom is -0.481 e. The SMILES string of the molecule is O=C(N[C@H]1CCCCC[C@H]1C(=O)O)c1noc2c1CCCCC2. The topological polar surface area (TPSA) is 92.4 Å². The quantitative estimate of drug-likeness (QED) is 0.660. The molecule has 0 radical (unpaired) electrons. The zero-order valence-corrected chi connectivity index (χ0v) is 13.3. The van der Waals surface area contributed by atoms with Crippen molar-refractivity contribution in [1.29, 1.82) is 0 Å². The molecule has 2 aliphatic rings. The molecule has 1 saturated carbocycles. The molecule has 126 valence electrons. The fourth-order valence-corrected chi connectivity index (χ4v) is 3.75. The Morgan fingerprint density at radius 1 is 1.04 bits per heavy atom. The Balaban J connectivity index is 1.75. The zero-order valence-electron chi connectivity index (χ0n) is 13.3. The van der Waals surface area contributed by atoms with E-state index >= 15 is 0 Å². The van der Waals surface area contributed by atoms with Crippen molar-refractivity contribution in [3.05, 3.63) is 17.0 Å². The number of carbonyl (C=O) groups is 2. The third-order valence-corrected chi connectivity index (χ3v) is 5.06. The van der Waals surface area contributed by atoms with E-state index < -0.39 is 11.9 Å². The van der Waals surface area contributed by atoms with Crippen LogP contribution in [0.25, 0.3) is 0 Å². The lowest BCUT2D eigenvalue weighted by Crippen LogP contribution is -2.43. The highest BCUT2D eigenvalue weighted by Crippen LogP contribution is 2.26. The Morgan fingerprint density at radius 3 is 2.61 bits per heavy atom. The van der Waals surface area contributed by atoms with Crippen molar-refractivity contribution >= 4 is 11.9 Å². The van der Waals surface area contributed by atoms with Crippen molar-refractivity contribution < 1.29 is 19.2 Å². The first-order valence-electron chi connectivity index (χ1n) is 8.68. The van der Waals surface area contributed by atoms with Crippen molar-refractivity contribution in [2.24, 2.45) is 5.92 Å². The van der Waals surface area contributed by atoms with E-state index in [0.29, 0.717) is 18.5 Å². The number of aryl methyl sites for hydroxylation is 1. The normalized spacial score (nSPS) is 25.0. The second kappa shape index (κ2) is 7.15. The number of carboxylic acid groups (broad SMARTS) is 1. The number of aromatic nitrogens is 1. The minimum atomic E-state index is -0.823. The molecule has 2 atom stereocenters. The van der Waals surface area contributed by atoms with Gasteiger partial charge in [-0.2, -0.15) is 0 Å². The van der Waals surface area contributed by atoms with Gasteiger partial charge in [-0.3, -0.25) is 9.59 Å². The van der Waals surface area contributed by atoms with Gasteiger partial charge in [0.05, 0.1) is 5.92 Å². The van der Waals surface area contributed by atoms with Crippen LogP contribution in [0.4, 0.5) is 0 Å². The molecule has 1 aromatic rings. The number of fused-ring (bicyclic) bond motifs is 1. The lowest BCUT2D eigenvalue weighted by molar-refractivity contribution is -0.142. The second-order valence-electron chi connectivity index (χ2n) is 6.66. The number of nitrogens with zero attached hydrogens (tertiary/aromatic N) is 1. The summed E-state index contributed by atoms with van der Waals surface area (Å²) in [6, 6.07) is -0.319. The molecule has 2 N–H and O–H groups in total. The van der Waals surface area contributed by atoms with E-state index in [-0.39, 0.29) is 11.9 Å². The maximum Gasteiger partial charge on any atom is 0.308 e. The van der Waals surface area contributed by atoms with Crippen LogP contribution in [0.3, 0.4) is 0 Å². The van der Waals surface area contributed by atoms with Crippen LogP contribution in [0.5, 0.6) is 0 Å². The van der Waals surface area contributed by atoms with E-state index in [4.69, 9.17) is 4.52 Å². The van der Waals surface area contributed by atoms with Crippen LogP contribution >= 0.6 is 0 Å². The Labute approximate surface area is 135 Å². The Hall–Kier alpha value is -1.85. The van der Waals surface area contributed by atoms with E-state index in [1.807, 2.05) is 0 Å². The molecule has 0 aliphatic heterocycles. The first kappa shape index (κ1) is 16.0. The van der Waals surface area contributed by atoms with E-state index in [0.717, 1.165) is 62.7 Å². The predicted octanol–water partition coefficient (Wildman–Crippen LogP) is 2.71. The van der Waals surface area contributed by atoms with Crippen LogP contribution in [0, 0.1) is 5.92 Å². The monoisotopic (exact) mass is 320 g/mol. The molecular weight excluding hydrogens is 296 g/mol. The summed E-state index contributed by atoms with van der Waals surface area (Å²) in [5.41, 5.74) is 1.27. The van der Waals surface area contributed by atoms with Gasteiger partial charge in [0.15, 0.2) is 5.69 Å². The van der Waals surface area contributed by atoms with Gasteiger partial charge in [-0.15, -0.1) is 0 Å². The maximum atomic E-state index is 12.6. The van der Waals surface area contributed by atoms with Gasteiger partial charge in [0.2, 0.25) is 0 Å². The molecule has 1 aromatic heterocycles. The Bertz CT molecular complexity index is 581. The molecule has 6 nitrogen and oxygen atoms in total. The first-order valence-corrected chi connectivity index (χ1v) is 8.68. The molecule has 0 unspecified atom stereocenters. The molecule has 1 fully saturated rings. The number of carbonyl (C=O) groups excluding carboxylic acids is 1. The fraction of sp³-hybridized carbons (Fsp3) is 0.706. The molecular formula is C17H24N2O4. The van der Waals surface area contributed by atoms with E-state index in [1.54, 1.807) is 0 Å². The summed E-state index contributed by atoms with van der Waals surface area (Å²) < 4.78 is 5.35. The number of rotatable bonds is 3.